The Morgan fingerprint density at radius 2 is 1.83 bits per heavy atom. The molecule has 0 aromatic heterocycles. The number of hydrogen-bond donors (Lipinski definition) is 0. The standard InChI is InChI=1S/C3H3Br2N/c1-3(4,5)2-6/h1H3. The highest BCUT2D eigenvalue weighted by Crippen LogP contribution is 2.22. The molecule has 0 spiro atoms. The maximum absolute atomic E-state index is 8.06. The molecule has 0 amide bonds. The van der Waals surface area contributed by atoms with Gasteiger partial charge in [0.15, 0.2) is 3.23 Å². The van der Waals surface area contributed by atoms with E-state index in [2.05, 4.69) is 31.9 Å². The van der Waals surface area contributed by atoms with Crippen LogP contribution in [0.1, 0.15) is 6.92 Å². The minimum absolute atomic E-state index is 0.528. The van der Waals surface area contributed by atoms with Crippen molar-refractivity contribution in [2.45, 2.75) is 10.2 Å². The Labute approximate surface area is 53.6 Å². The van der Waals surface area contributed by atoms with E-state index in [9.17, 15) is 0 Å². The van der Waals surface area contributed by atoms with E-state index in [4.69, 9.17) is 5.26 Å². The van der Waals surface area contributed by atoms with E-state index in [1.54, 1.807) is 6.92 Å². The zero-order valence-electron chi connectivity index (χ0n) is 3.20. The van der Waals surface area contributed by atoms with E-state index < -0.39 is 3.23 Å². The van der Waals surface area contributed by atoms with Crippen molar-refractivity contribution in [3.8, 4) is 6.07 Å². The third kappa shape index (κ3) is 4.45. The normalized spacial score (nSPS) is 10.3. The molecule has 0 aliphatic heterocycles. The van der Waals surface area contributed by atoms with Crippen molar-refractivity contribution in [2.75, 3.05) is 0 Å². The zero-order valence-corrected chi connectivity index (χ0v) is 6.38. The number of hydrogen-bond acceptors (Lipinski definition) is 1. The SMILES string of the molecule is CC(Br)(Br)C#N. The van der Waals surface area contributed by atoms with Crippen molar-refractivity contribution in [1.29, 1.82) is 5.26 Å². The highest BCUT2D eigenvalue weighted by molar-refractivity contribution is 9.25. The lowest BCUT2D eigenvalue weighted by Gasteiger charge is -1.95. The van der Waals surface area contributed by atoms with Gasteiger partial charge in [-0.2, -0.15) is 5.26 Å². The van der Waals surface area contributed by atoms with Gasteiger partial charge in [0.2, 0.25) is 0 Å². The molecule has 0 radical (unpaired) electrons. The van der Waals surface area contributed by atoms with Crippen LogP contribution < -0.4 is 0 Å². The van der Waals surface area contributed by atoms with Crippen LogP contribution in [0.2, 0.25) is 0 Å². The number of alkyl halides is 2. The van der Waals surface area contributed by atoms with Gasteiger partial charge in [0.05, 0.1) is 6.07 Å². The van der Waals surface area contributed by atoms with Gasteiger partial charge in [0.25, 0.3) is 0 Å². The summed E-state index contributed by atoms with van der Waals surface area (Å²) in [6, 6.07) is 1.94. The molecule has 0 aliphatic rings. The fraction of sp³-hybridized carbons (Fsp3) is 0.667. The largest absolute Gasteiger partial charge is 0.196 e. The van der Waals surface area contributed by atoms with E-state index in [-0.39, 0.29) is 0 Å². The van der Waals surface area contributed by atoms with Crippen LogP contribution in [0.15, 0.2) is 0 Å². The summed E-state index contributed by atoms with van der Waals surface area (Å²) in [6.45, 7) is 1.72. The van der Waals surface area contributed by atoms with Crippen molar-refractivity contribution in [3.63, 3.8) is 0 Å². The van der Waals surface area contributed by atoms with E-state index in [0.717, 1.165) is 0 Å². The van der Waals surface area contributed by atoms with Crippen molar-refractivity contribution in [3.05, 3.63) is 0 Å². The Morgan fingerprint density at radius 1 is 1.67 bits per heavy atom. The second kappa shape index (κ2) is 1.94. The van der Waals surface area contributed by atoms with Crippen molar-refractivity contribution >= 4 is 31.9 Å². The summed E-state index contributed by atoms with van der Waals surface area (Å²) >= 11 is 6.07. The van der Waals surface area contributed by atoms with Gasteiger partial charge in [-0.05, 0) is 6.92 Å². The Morgan fingerprint density at radius 3 is 1.83 bits per heavy atom. The lowest BCUT2D eigenvalue weighted by molar-refractivity contribution is 1.21. The van der Waals surface area contributed by atoms with Gasteiger partial charge in [-0.3, -0.25) is 0 Å². The molecule has 0 aliphatic carbocycles. The molecule has 0 rings (SSSR count). The van der Waals surface area contributed by atoms with Gasteiger partial charge in [-0.1, -0.05) is 31.9 Å². The lowest BCUT2D eigenvalue weighted by Crippen LogP contribution is -1.95. The average Bonchev–Trinajstić information content (AvgIpc) is 1.35. The first-order valence-electron chi connectivity index (χ1n) is 1.35. The minimum atomic E-state index is -0.528. The summed E-state index contributed by atoms with van der Waals surface area (Å²) in [7, 11) is 0. The number of nitrogens with zero attached hydrogens (tertiary/aromatic N) is 1. The van der Waals surface area contributed by atoms with Crippen LogP contribution in [0.5, 0.6) is 0 Å². The minimum Gasteiger partial charge on any atom is -0.196 e. The molecule has 0 saturated heterocycles. The van der Waals surface area contributed by atoms with E-state index >= 15 is 0 Å². The fourth-order valence-electron chi connectivity index (χ4n) is 0. The van der Waals surface area contributed by atoms with Gasteiger partial charge in [-0.15, -0.1) is 0 Å². The van der Waals surface area contributed by atoms with Gasteiger partial charge in [0.1, 0.15) is 0 Å². The van der Waals surface area contributed by atoms with Crippen molar-refractivity contribution < 1.29 is 0 Å². The smallest absolute Gasteiger partial charge is 0.163 e. The summed E-state index contributed by atoms with van der Waals surface area (Å²) in [5.41, 5.74) is 0. The predicted molar refractivity (Wildman–Crippen MR) is 31.9 cm³/mol. The summed E-state index contributed by atoms with van der Waals surface area (Å²) in [5.74, 6) is 0. The van der Waals surface area contributed by atoms with Crippen LogP contribution in [-0.2, 0) is 0 Å². The molecule has 0 atom stereocenters. The van der Waals surface area contributed by atoms with Crippen LogP contribution in [0.4, 0.5) is 0 Å². The first-order valence-corrected chi connectivity index (χ1v) is 2.94. The van der Waals surface area contributed by atoms with E-state index in [1.807, 2.05) is 6.07 Å². The van der Waals surface area contributed by atoms with Crippen molar-refractivity contribution in [2.24, 2.45) is 0 Å². The Kier molecular flexibility index (Phi) is 2.09. The highest BCUT2D eigenvalue weighted by atomic mass is 79.9. The summed E-state index contributed by atoms with van der Waals surface area (Å²) in [5, 5.41) is 8.06. The highest BCUT2D eigenvalue weighted by Gasteiger charge is 2.10. The third-order valence-electron chi connectivity index (χ3n) is 0.196. The van der Waals surface area contributed by atoms with Crippen molar-refractivity contribution in [1.82, 2.24) is 0 Å². The van der Waals surface area contributed by atoms with Gasteiger partial charge in [0, 0.05) is 0 Å². The topological polar surface area (TPSA) is 23.8 Å². The lowest BCUT2D eigenvalue weighted by atomic mass is 10.6. The van der Waals surface area contributed by atoms with Crippen LogP contribution in [0.3, 0.4) is 0 Å². The Hall–Kier alpha value is 0.450. The third-order valence-corrected chi connectivity index (χ3v) is 0.551. The molecule has 0 saturated carbocycles. The van der Waals surface area contributed by atoms with Gasteiger partial charge in [-0.25, -0.2) is 0 Å². The number of halogens is 2. The molecule has 34 valence electrons. The zero-order chi connectivity index (χ0) is 5.21. The Balaban J connectivity index is 3.55. The van der Waals surface area contributed by atoms with Crippen LogP contribution in [0.25, 0.3) is 0 Å². The summed E-state index contributed by atoms with van der Waals surface area (Å²) in [4.78, 5) is 0. The summed E-state index contributed by atoms with van der Waals surface area (Å²) < 4.78 is -0.528. The molecular formula is C3H3Br2N. The van der Waals surface area contributed by atoms with E-state index in [0.29, 0.717) is 0 Å². The molecular weight excluding hydrogens is 210 g/mol. The molecule has 0 heterocycles. The van der Waals surface area contributed by atoms with Gasteiger partial charge < -0.3 is 0 Å². The number of rotatable bonds is 0. The fourth-order valence-corrected chi connectivity index (χ4v) is 0. The first kappa shape index (κ1) is 6.45. The predicted octanol–water partition coefficient (Wildman–Crippen LogP) is 2.02. The summed E-state index contributed by atoms with van der Waals surface area (Å²) in [6.07, 6.45) is 0. The average molecular weight is 213 g/mol. The monoisotopic (exact) mass is 211 g/mol. The number of nitriles is 1. The maximum Gasteiger partial charge on any atom is 0.163 e. The molecule has 0 fully saturated rings. The Bertz CT molecular complexity index is 75.8. The second-order valence-corrected chi connectivity index (χ2v) is 5.24. The first-order chi connectivity index (χ1) is 2.56. The molecule has 0 bridgehead atoms. The molecule has 0 aromatic rings. The van der Waals surface area contributed by atoms with Crippen LogP contribution >= 0.6 is 31.9 Å². The molecule has 0 aromatic carbocycles. The maximum atomic E-state index is 8.06. The van der Waals surface area contributed by atoms with E-state index in [1.165, 1.54) is 0 Å². The molecule has 0 unspecified atom stereocenters. The molecule has 0 N–H and O–H groups in total. The quantitative estimate of drug-likeness (QED) is 0.564. The van der Waals surface area contributed by atoms with Crippen LogP contribution in [0, 0.1) is 11.3 Å². The van der Waals surface area contributed by atoms with Crippen LogP contribution in [-0.4, -0.2) is 3.23 Å². The van der Waals surface area contributed by atoms with Gasteiger partial charge >= 0.3 is 0 Å². The second-order valence-electron chi connectivity index (χ2n) is 1.00. The molecule has 6 heavy (non-hydrogen) atoms. The molecule has 3 heteroatoms. The molecule has 1 nitrogen and oxygen atoms in total.